The Kier molecular flexibility index (Phi) is 5.28. The van der Waals surface area contributed by atoms with E-state index < -0.39 is 0 Å². The highest BCUT2D eigenvalue weighted by molar-refractivity contribution is 8.00. The molecule has 2 N–H and O–H groups in total. The number of hydrogen-bond donors (Lipinski definition) is 2. The summed E-state index contributed by atoms with van der Waals surface area (Å²) >= 11 is 1.61. The standard InChI is InChI=1S/C15H22N2OS/c1-11(2)16-9-12-4-3-5-14(8-12)19-10-15(18)17-13-6-7-13/h3-5,8,11,13,16H,6-7,9-10H2,1-2H3,(H,17,18). The molecule has 2 rings (SSSR count). The van der Waals surface area contributed by atoms with Gasteiger partial charge in [-0.05, 0) is 30.5 Å². The fourth-order valence-electron chi connectivity index (χ4n) is 1.71. The highest BCUT2D eigenvalue weighted by Crippen LogP contribution is 2.21. The van der Waals surface area contributed by atoms with E-state index in [1.165, 1.54) is 5.56 Å². The van der Waals surface area contributed by atoms with Gasteiger partial charge in [-0.25, -0.2) is 0 Å². The van der Waals surface area contributed by atoms with Crippen LogP contribution in [0.2, 0.25) is 0 Å². The first-order valence-corrected chi connectivity index (χ1v) is 7.86. The minimum atomic E-state index is 0.151. The zero-order valence-corrected chi connectivity index (χ0v) is 12.4. The predicted octanol–water partition coefficient (Wildman–Crippen LogP) is 2.56. The minimum absolute atomic E-state index is 0.151. The van der Waals surface area contributed by atoms with Gasteiger partial charge in [-0.3, -0.25) is 4.79 Å². The molecule has 1 aliphatic rings. The third kappa shape index (κ3) is 5.66. The van der Waals surface area contributed by atoms with Gasteiger partial charge < -0.3 is 10.6 Å². The molecule has 0 atom stereocenters. The fraction of sp³-hybridized carbons (Fsp3) is 0.533. The second-order valence-electron chi connectivity index (χ2n) is 5.31. The Bertz CT molecular complexity index is 430. The van der Waals surface area contributed by atoms with Crippen molar-refractivity contribution in [3.63, 3.8) is 0 Å². The van der Waals surface area contributed by atoms with E-state index in [4.69, 9.17) is 0 Å². The number of carbonyl (C=O) groups excluding carboxylic acids is 1. The molecular weight excluding hydrogens is 256 g/mol. The fourth-order valence-corrected chi connectivity index (χ4v) is 2.50. The zero-order chi connectivity index (χ0) is 13.7. The van der Waals surface area contributed by atoms with Crippen LogP contribution < -0.4 is 10.6 Å². The topological polar surface area (TPSA) is 41.1 Å². The largest absolute Gasteiger partial charge is 0.353 e. The second kappa shape index (κ2) is 6.96. The molecule has 0 aliphatic heterocycles. The Hall–Kier alpha value is -1.00. The number of thioether (sulfide) groups is 1. The molecule has 4 heteroatoms. The lowest BCUT2D eigenvalue weighted by Crippen LogP contribution is -2.26. The Morgan fingerprint density at radius 3 is 2.89 bits per heavy atom. The summed E-state index contributed by atoms with van der Waals surface area (Å²) in [6, 6.07) is 9.33. The molecule has 0 saturated heterocycles. The summed E-state index contributed by atoms with van der Waals surface area (Å²) in [5.74, 6) is 0.663. The molecule has 19 heavy (non-hydrogen) atoms. The average Bonchev–Trinajstić information content (AvgIpc) is 3.18. The van der Waals surface area contributed by atoms with E-state index in [2.05, 4.69) is 48.7 Å². The van der Waals surface area contributed by atoms with Crippen molar-refractivity contribution in [3.05, 3.63) is 29.8 Å². The Labute approximate surface area is 119 Å². The number of rotatable bonds is 7. The van der Waals surface area contributed by atoms with Crippen molar-refractivity contribution < 1.29 is 4.79 Å². The Balaban J connectivity index is 1.78. The Morgan fingerprint density at radius 1 is 1.42 bits per heavy atom. The molecule has 1 saturated carbocycles. The molecule has 1 amide bonds. The Morgan fingerprint density at radius 2 is 2.21 bits per heavy atom. The number of carbonyl (C=O) groups is 1. The molecule has 0 aromatic heterocycles. The summed E-state index contributed by atoms with van der Waals surface area (Å²) < 4.78 is 0. The lowest BCUT2D eigenvalue weighted by atomic mass is 10.2. The van der Waals surface area contributed by atoms with Gasteiger partial charge in [0.05, 0.1) is 5.75 Å². The predicted molar refractivity (Wildman–Crippen MR) is 80.3 cm³/mol. The molecular formula is C15H22N2OS. The molecule has 3 nitrogen and oxygen atoms in total. The van der Waals surface area contributed by atoms with Gasteiger partial charge in [-0.15, -0.1) is 11.8 Å². The van der Waals surface area contributed by atoms with Crippen molar-refractivity contribution in [1.82, 2.24) is 10.6 Å². The maximum atomic E-state index is 11.6. The first-order valence-electron chi connectivity index (χ1n) is 6.88. The van der Waals surface area contributed by atoms with Crippen molar-refractivity contribution in [2.75, 3.05) is 5.75 Å². The molecule has 0 radical (unpaired) electrons. The number of amides is 1. The van der Waals surface area contributed by atoms with Crippen molar-refractivity contribution in [3.8, 4) is 0 Å². The maximum absolute atomic E-state index is 11.6. The highest BCUT2D eigenvalue weighted by Gasteiger charge is 2.22. The van der Waals surface area contributed by atoms with E-state index in [1.54, 1.807) is 11.8 Å². The maximum Gasteiger partial charge on any atom is 0.230 e. The second-order valence-corrected chi connectivity index (χ2v) is 6.36. The third-order valence-electron chi connectivity index (χ3n) is 2.93. The summed E-state index contributed by atoms with van der Waals surface area (Å²) in [4.78, 5) is 12.8. The lowest BCUT2D eigenvalue weighted by Gasteiger charge is -2.09. The van der Waals surface area contributed by atoms with Crippen LogP contribution in [0.25, 0.3) is 0 Å². The van der Waals surface area contributed by atoms with Crippen LogP contribution in [0.3, 0.4) is 0 Å². The summed E-state index contributed by atoms with van der Waals surface area (Å²) in [5, 5.41) is 6.41. The molecule has 1 aromatic carbocycles. The third-order valence-corrected chi connectivity index (χ3v) is 3.92. The van der Waals surface area contributed by atoms with Gasteiger partial charge in [0.15, 0.2) is 0 Å². The van der Waals surface area contributed by atoms with Crippen molar-refractivity contribution in [2.24, 2.45) is 0 Å². The number of benzene rings is 1. The molecule has 0 heterocycles. The van der Waals surface area contributed by atoms with Crippen LogP contribution in [-0.2, 0) is 11.3 Å². The van der Waals surface area contributed by atoms with Crippen LogP contribution in [0.5, 0.6) is 0 Å². The van der Waals surface area contributed by atoms with Gasteiger partial charge in [-0.1, -0.05) is 26.0 Å². The zero-order valence-electron chi connectivity index (χ0n) is 11.6. The van der Waals surface area contributed by atoms with E-state index in [9.17, 15) is 4.79 Å². The summed E-state index contributed by atoms with van der Waals surface area (Å²) in [6.07, 6.45) is 2.29. The van der Waals surface area contributed by atoms with Crippen LogP contribution in [0, 0.1) is 0 Å². The van der Waals surface area contributed by atoms with Gasteiger partial charge in [0.25, 0.3) is 0 Å². The summed E-state index contributed by atoms with van der Waals surface area (Å²) in [6.45, 7) is 5.15. The number of nitrogens with one attached hydrogen (secondary N) is 2. The first-order chi connectivity index (χ1) is 9.13. The normalized spacial score (nSPS) is 14.7. The number of hydrogen-bond acceptors (Lipinski definition) is 3. The quantitative estimate of drug-likeness (QED) is 0.753. The molecule has 0 unspecified atom stereocenters. The van der Waals surface area contributed by atoms with Gasteiger partial charge in [0.1, 0.15) is 0 Å². The molecule has 1 aromatic rings. The van der Waals surface area contributed by atoms with Crippen LogP contribution in [0.15, 0.2) is 29.2 Å². The monoisotopic (exact) mass is 278 g/mol. The van der Waals surface area contributed by atoms with Gasteiger partial charge in [0, 0.05) is 23.5 Å². The molecule has 1 fully saturated rings. The smallest absolute Gasteiger partial charge is 0.230 e. The summed E-state index contributed by atoms with van der Waals surface area (Å²) in [7, 11) is 0. The molecule has 104 valence electrons. The molecule has 1 aliphatic carbocycles. The van der Waals surface area contributed by atoms with Crippen LogP contribution in [0.1, 0.15) is 32.3 Å². The first kappa shape index (κ1) is 14.4. The SMILES string of the molecule is CC(C)NCc1cccc(SCC(=O)NC2CC2)c1. The minimum Gasteiger partial charge on any atom is -0.353 e. The lowest BCUT2D eigenvalue weighted by molar-refractivity contribution is -0.118. The van der Waals surface area contributed by atoms with Gasteiger partial charge >= 0.3 is 0 Å². The molecule has 0 bridgehead atoms. The highest BCUT2D eigenvalue weighted by atomic mass is 32.2. The van der Waals surface area contributed by atoms with E-state index in [1.807, 2.05) is 0 Å². The van der Waals surface area contributed by atoms with Gasteiger partial charge in [0.2, 0.25) is 5.91 Å². The van der Waals surface area contributed by atoms with E-state index >= 15 is 0 Å². The average molecular weight is 278 g/mol. The van der Waals surface area contributed by atoms with Crippen LogP contribution >= 0.6 is 11.8 Å². The van der Waals surface area contributed by atoms with Crippen molar-refractivity contribution in [2.45, 2.75) is 50.2 Å². The van der Waals surface area contributed by atoms with Crippen LogP contribution in [0.4, 0.5) is 0 Å². The van der Waals surface area contributed by atoms with Crippen LogP contribution in [-0.4, -0.2) is 23.7 Å². The summed E-state index contributed by atoms with van der Waals surface area (Å²) in [5.41, 5.74) is 1.27. The van der Waals surface area contributed by atoms with Gasteiger partial charge in [-0.2, -0.15) is 0 Å². The molecule has 0 spiro atoms. The van der Waals surface area contributed by atoms with Crippen molar-refractivity contribution in [1.29, 1.82) is 0 Å². The van der Waals surface area contributed by atoms with E-state index in [-0.39, 0.29) is 5.91 Å². The van der Waals surface area contributed by atoms with Crippen molar-refractivity contribution >= 4 is 17.7 Å². The van der Waals surface area contributed by atoms with E-state index in [0.717, 1.165) is 24.3 Å². The van der Waals surface area contributed by atoms with E-state index in [0.29, 0.717) is 17.8 Å².